The number of fused-ring (bicyclic) bond motifs is 1. The number of anilines is 1. The molecule has 0 amide bonds. The van der Waals surface area contributed by atoms with Crippen LogP contribution in [0.1, 0.15) is 0 Å². The van der Waals surface area contributed by atoms with Crippen molar-refractivity contribution >= 4 is 54.0 Å². The van der Waals surface area contributed by atoms with Gasteiger partial charge in [0.1, 0.15) is 0 Å². The van der Waals surface area contributed by atoms with Crippen LogP contribution >= 0.6 is 31.9 Å². The molecule has 0 bridgehead atoms. The summed E-state index contributed by atoms with van der Waals surface area (Å²) in [4.78, 5) is 10.5. The molecule has 0 saturated carbocycles. The number of benzene rings is 2. The molecule has 6 heteroatoms. The lowest BCUT2D eigenvalue weighted by atomic mass is 10.1. The zero-order valence-electron chi connectivity index (χ0n) is 7.91. The molecule has 2 aromatic carbocycles. The number of non-ortho nitro benzene ring substituents is 1. The molecule has 4 nitrogen and oxygen atoms in total. The number of hydrogen-bond donors (Lipinski definition) is 1. The summed E-state index contributed by atoms with van der Waals surface area (Å²) in [6.45, 7) is 0. The van der Waals surface area contributed by atoms with Crippen molar-refractivity contribution in [3.8, 4) is 0 Å². The molecule has 0 saturated heterocycles. The van der Waals surface area contributed by atoms with Gasteiger partial charge in [-0.3, -0.25) is 10.1 Å². The van der Waals surface area contributed by atoms with Crippen LogP contribution in [-0.4, -0.2) is 4.92 Å². The maximum absolute atomic E-state index is 10.9. The van der Waals surface area contributed by atoms with Crippen molar-refractivity contribution in [2.75, 3.05) is 5.73 Å². The normalized spacial score (nSPS) is 10.6. The number of rotatable bonds is 1. The number of nitrogens with zero attached hydrogens (tertiary/aromatic N) is 1. The van der Waals surface area contributed by atoms with Crippen molar-refractivity contribution in [3.05, 3.63) is 43.3 Å². The standard InChI is InChI=1S/C10H6Br2N2O2/c11-6-4-7(12)10(13)5-2-1-3-8(9(5)6)14(15)16/h1-4H,13H2. The molecule has 0 aliphatic rings. The molecule has 0 spiro atoms. The fourth-order valence-corrected chi connectivity index (χ4v) is 2.95. The molecule has 0 aliphatic heterocycles. The Bertz CT molecular complexity index is 599. The SMILES string of the molecule is Nc1c(Br)cc(Br)c2c([N+](=O)[O-])cccc12. The summed E-state index contributed by atoms with van der Waals surface area (Å²) in [5, 5.41) is 12.1. The third kappa shape index (κ3) is 1.68. The largest absolute Gasteiger partial charge is 0.397 e. The van der Waals surface area contributed by atoms with E-state index >= 15 is 0 Å². The minimum Gasteiger partial charge on any atom is -0.397 e. The highest BCUT2D eigenvalue weighted by Crippen LogP contribution is 2.39. The van der Waals surface area contributed by atoms with Gasteiger partial charge in [0.05, 0.1) is 16.0 Å². The summed E-state index contributed by atoms with van der Waals surface area (Å²) in [5.41, 5.74) is 6.41. The average molecular weight is 346 g/mol. The van der Waals surface area contributed by atoms with Gasteiger partial charge in [0.25, 0.3) is 5.69 Å². The van der Waals surface area contributed by atoms with E-state index in [0.29, 0.717) is 25.4 Å². The van der Waals surface area contributed by atoms with E-state index in [4.69, 9.17) is 5.73 Å². The van der Waals surface area contributed by atoms with E-state index in [2.05, 4.69) is 31.9 Å². The first-order chi connectivity index (χ1) is 7.52. The Balaban J connectivity index is 2.99. The molecule has 2 N–H and O–H groups in total. The topological polar surface area (TPSA) is 69.2 Å². The van der Waals surface area contributed by atoms with Crippen molar-refractivity contribution in [2.24, 2.45) is 0 Å². The predicted molar refractivity (Wildman–Crippen MR) is 70.4 cm³/mol. The van der Waals surface area contributed by atoms with Gasteiger partial charge in [0.15, 0.2) is 0 Å². The number of nitro groups is 1. The summed E-state index contributed by atoms with van der Waals surface area (Å²) in [6, 6.07) is 6.55. The Kier molecular flexibility index (Phi) is 2.86. The van der Waals surface area contributed by atoms with Crippen molar-refractivity contribution < 1.29 is 4.92 Å². The van der Waals surface area contributed by atoms with Crippen molar-refractivity contribution in [2.45, 2.75) is 0 Å². The van der Waals surface area contributed by atoms with E-state index in [1.54, 1.807) is 18.2 Å². The Morgan fingerprint density at radius 2 is 1.94 bits per heavy atom. The molecule has 0 fully saturated rings. The van der Waals surface area contributed by atoms with E-state index < -0.39 is 4.92 Å². The third-order valence-electron chi connectivity index (χ3n) is 2.28. The number of nitrogens with two attached hydrogens (primary N) is 1. The summed E-state index contributed by atoms with van der Waals surface area (Å²) in [6.07, 6.45) is 0. The molecule has 0 aromatic heterocycles. The van der Waals surface area contributed by atoms with Crippen LogP contribution in [0.2, 0.25) is 0 Å². The van der Waals surface area contributed by atoms with Crippen LogP contribution < -0.4 is 5.73 Å². The highest BCUT2D eigenvalue weighted by Gasteiger charge is 2.17. The van der Waals surface area contributed by atoms with Crippen LogP contribution in [0.3, 0.4) is 0 Å². The zero-order valence-corrected chi connectivity index (χ0v) is 11.1. The van der Waals surface area contributed by atoms with E-state index in [9.17, 15) is 10.1 Å². The molecule has 2 aromatic rings. The van der Waals surface area contributed by atoms with Crippen LogP contribution in [0, 0.1) is 10.1 Å². The second-order valence-corrected chi connectivity index (χ2v) is 4.92. The highest BCUT2D eigenvalue weighted by molar-refractivity contribution is 9.11. The molecule has 0 heterocycles. The zero-order chi connectivity index (χ0) is 11.9. The summed E-state index contributed by atoms with van der Waals surface area (Å²) in [5.74, 6) is 0. The quantitative estimate of drug-likeness (QED) is 0.484. The van der Waals surface area contributed by atoms with Gasteiger partial charge in [0.2, 0.25) is 0 Å². The summed E-state index contributed by atoms with van der Waals surface area (Å²) in [7, 11) is 0. The van der Waals surface area contributed by atoms with Crippen LogP contribution in [0.15, 0.2) is 33.2 Å². The fourth-order valence-electron chi connectivity index (χ4n) is 1.56. The van der Waals surface area contributed by atoms with Gasteiger partial charge >= 0.3 is 0 Å². The molecule has 82 valence electrons. The number of hydrogen-bond acceptors (Lipinski definition) is 3. The Labute approximate surface area is 108 Å². The van der Waals surface area contributed by atoms with Crippen LogP contribution in [0.5, 0.6) is 0 Å². The third-order valence-corrected chi connectivity index (χ3v) is 3.56. The van der Waals surface area contributed by atoms with Gasteiger partial charge in [-0.25, -0.2) is 0 Å². The molecule has 0 radical (unpaired) electrons. The second-order valence-electron chi connectivity index (χ2n) is 3.21. The maximum atomic E-state index is 10.9. The van der Waals surface area contributed by atoms with Gasteiger partial charge in [-0.2, -0.15) is 0 Å². The van der Waals surface area contributed by atoms with E-state index in [-0.39, 0.29) is 5.69 Å². The highest BCUT2D eigenvalue weighted by atomic mass is 79.9. The molecular weight excluding hydrogens is 340 g/mol. The lowest BCUT2D eigenvalue weighted by Crippen LogP contribution is -1.94. The van der Waals surface area contributed by atoms with Crippen molar-refractivity contribution in [3.63, 3.8) is 0 Å². The molecule has 0 unspecified atom stereocenters. The van der Waals surface area contributed by atoms with Crippen LogP contribution in [0.4, 0.5) is 11.4 Å². The monoisotopic (exact) mass is 344 g/mol. The first kappa shape index (κ1) is 11.3. The lowest BCUT2D eigenvalue weighted by molar-refractivity contribution is -0.383. The minimum atomic E-state index is -0.416. The van der Waals surface area contributed by atoms with Crippen molar-refractivity contribution in [1.29, 1.82) is 0 Å². The van der Waals surface area contributed by atoms with Gasteiger partial charge < -0.3 is 5.73 Å². The van der Waals surface area contributed by atoms with Gasteiger partial charge in [0, 0.05) is 20.4 Å². The first-order valence-corrected chi connectivity index (χ1v) is 5.91. The van der Waals surface area contributed by atoms with E-state index in [1.807, 2.05) is 0 Å². The summed E-state index contributed by atoms with van der Waals surface area (Å²) >= 11 is 6.61. The maximum Gasteiger partial charge on any atom is 0.278 e. The van der Waals surface area contributed by atoms with E-state index in [1.165, 1.54) is 6.07 Å². The number of nitrogen functional groups attached to an aromatic ring is 1. The molecule has 16 heavy (non-hydrogen) atoms. The second kappa shape index (κ2) is 4.03. The Morgan fingerprint density at radius 3 is 2.56 bits per heavy atom. The van der Waals surface area contributed by atoms with Crippen LogP contribution in [-0.2, 0) is 0 Å². The van der Waals surface area contributed by atoms with Gasteiger partial charge in [-0.05, 0) is 37.9 Å². The number of halogens is 2. The molecule has 0 aliphatic carbocycles. The Hall–Kier alpha value is -1.14. The fraction of sp³-hybridized carbons (Fsp3) is 0. The van der Waals surface area contributed by atoms with Crippen LogP contribution in [0.25, 0.3) is 10.8 Å². The lowest BCUT2D eigenvalue weighted by Gasteiger charge is -2.07. The predicted octanol–water partition coefficient (Wildman–Crippen LogP) is 3.86. The number of nitro benzene ring substituents is 1. The molecular formula is C10H6Br2N2O2. The minimum absolute atomic E-state index is 0.0450. The smallest absolute Gasteiger partial charge is 0.278 e. The Morgan fingerprint density at radius 1 is 1.25 bits per heavy atom. The average Bonchev–Trinajstić information content (AvgIpc) is 2.25. The van der Waals surface area contributed by atoms with Gasteiger partial charge in [-0.15, -0.1) is 0 Å². The summed E-state index contributed by atoms with van der Waals surface area (Å²) < 4.78 is 1.36. The van der Waals surface area contributed by atoms with Crippen molar-refractivity contribution in [1.82, 2.24) is 0 Å². The molecule has 2 rings (SSSR count). The molecule has 0 atom stereocenters. The van der Waals surface area contributed by atoms with Gasteiger partial charge in [-0.1, -0.05) is 12.1 Å². The van der Waals surface area contributed by atoms with E-state index in [0.717, 1.165) is 0 Å². The first-order valence-electron chi connectivity index (χ1n) is 4.33.